The molecule has 0 amide bonds. The first-order chi connectivity index (χ1) is 5.81. The number of aryl methyl sites for hydroxylation is 1. The van der Waals surface area contributed by atoms with E-state index >= 15 is 0 Å². The van der Waals surface area contributed by atoms with E-state index in [4.69, 9.17) is 0 Å². The monoisotopic (exact) mass is 163 g/mol. The van der Waals surface area contributed by atoms with Crippen LogP contribution < -0.4 is 0 Å². The molecule has 0 spiro atoms. The summed E-state index contributed by atoms with van der Waals surface area (Å²) in [5.41, 5.74) is 2.95. The molecule has 12 heavy (non-hydrogen) atoms. The molecule has 0 atom stereocenters. The van der Waals surface area contributed by atoms with E-state index < -0.39 is 6.67 Å². The van der Waals surface area contributed by atoms with Crippen LogP contribution in [0.1, 0.15) is 11.1 Å². The fourth-order valence-corrected chi connectivity index (χ4v) is 1.41. The number of hydrogen-bond acceptors (Lipinski definition) is 0. The Labute approximate surface area is 70.2 Å². The topological polar surface area (TPSA) is 15.8 Å². The third-order valence-electron chi connectivity index (χ3n) is 2.07. The van der Waals surface area contributed by atoms with Gasteiger partial charge in [-0.3, -0.25) is 0 Å². The van der Waals surface area contributed by atoms with Crippen molar-refractivity contribution >= 4 is 10.9 Å². The van der Waals surface area contributed by atoms with Gasteiger partial charge in [0.15, 0.2) is 0 Å². The van der Waals surface area contributed by atoms with E-state index in [-0.39, 0.29) is 0 Å². The van der Waals surface area contributed by atoms with Crippen LogP contribution in [0.25, 0.3) is 10.9 Å². The predicted molar refractivity (Wildman–Crippen MR) is 47.8 cm³/mol. The van der Waals surface area contributed by atoms with Gasteiger partial charge in [-0.05, 0) is 18.6 Å². The van der Waals surface area contributed by atoms with E-state index in [1.165, 1.54) is 5.56 Å². The highest BCUT2D eigenvalue weighted by Crippen LogP contribution is 2.19. The molecule has 0 saturated carbocycles. The molecule has 0 saturated heterocycles. The van der Waals surface area contributed by atoms with Crippen LogP contribution in [-0.4, -0.2) is 4.98 Å². The van der Waals surface area contributed by atoms with Crippen molar-refractivity contribution in [1.82, 2.24) is 4.98 Å². The van der Waals surface area contributed by atoms with Gasteiger partial charge in [0.25, 0.3) is 0 Å². The first kappa shape index (κ1) is 7.35. The van der Waals surface area contributed by atoms with Crippen molar-refractivity contribution in [3.63, 3.8) is 0 Å². The number of H-pyrrole nitrogens is 1. The zero-order valence-corrected chi connectivity index (χ0v) is 6.89. The highest BCUT2D eigenvalue weighted by atomic mass is 19.1. The van der Waals surface area contributed by atoms with Crippen molar-refractivity contribution in [3.8, 4) is 0 Å². The minimum absolute atomic E-state index is 0.400. The Morgan fingerprint density at radius 3 is 3.00 bits per heavy atom. The Hall–Kier alpha value is -1.31. The van der Waals surface area contributed by atoms with E-state index in [2.05, 4.69) is 4.98 Å². The third kappa shape index (κ3) is 0.998. The largest absolute Gasteiger partial charge is 0.361 e. The maximum Gasteiger partial charge on any atom is 0.117 e. The molecular formula is C10H10FN. The Balaban J connectivity index is 2.73. The smallest absolute Gasteiger partial charge is 0.117 e. The SMILES string of the molecule is Cc1ccc2c(CF)c[nH]c2c1. The Kier molecular flexibility index (Phi) is 1.61. The summed E-state index contributed by atoms with van der Waals surface area (Å²) in [6.45, 7) is 1.62. The third-order valence-corrected chi connectivity index (χ3v) is 2.07. The lowest BCUT2D eigenvalue weighted by Gasteiger charge is -1.93. The number of benzene rings is 1. The molecule has 2 heteroatoms. The molecular weight excluding hydrogens is 153 g/mol. The second-order valence-electron chi connectivity index (χ2n) is 3.00. The molecule has 1 aromatic carbocycles. The standard InChI is InChI=1S/C10H10FN/c1-7-2-3-9-8(5-11)6-12-10(9)4-7/h2-4,6,12H,5H2,1H3. The number of halogens is 1. The maximum atomic E-state index is 12.4. The zero-order valence-electron chi connectivity index (χ0n) is 6.89. The molecule has 0 aliphatic carbocycles. The number of fused-ring (bicyclic) bond motifs is 1. The van der Waals surface area contributed by atoms with Gasteiger partial charge >= 0.3 is 0 Å². The van der Waals surface area contributed by atoms with Gasteiger partial charge in [0.2, 0.25) is 0 Å². The molecule has 1 aromatic heterocycles. The predicted octanol–water partition coefficient (Wildman–Crippen LogP) is 2.95. The van der Waals surface area contributed by atoms with Gasteiger partial charge in [0.05, 0.1) is 0 Å². The molecule has 0 aliphatic heterocycles. The van der Waals surface area contributed by atoms with Crippen LogP contribution in [0.15, 0.2) is 24.4 Å². The van der Waals surface area contributed by atoms with E-state index in [0.29, 0.717) is 0 Å². The lowest BCUT2D eigenvalue weighted by Crippen LogP contribution is -1.74. The van der Waals surface area contributed by atoms with Crippen LogP contribution in [0, 0.1) is 6.92 Å². The van der Waals surface area contributed by atoms with Crippen LogP contribution >= 0.6 is 0 Å². The summed E-state index contributed by atoms with van der Waals surface area (Å²) in [7, 11) is 0. The first-order valence-electron chi connectivity index (χ1n) is 3.94. The van der Waals surface area contributed by atoms with Crippen molar-refractivity contribution in [1.29, 1.82) is 0 Å². The van der Waals surface area contributed by atoms with Crippen molar-refractivity contribution in [2.24, 2.45) is 0 Å². The molecule has 2 aromatic rings. The number of aromatic amines is 1. The van der Waals surface area contributed by atoms with Crippen LogP contribution in [-0.2, 0) is 6.67 Å². The average Bonchev–Trinajstić information content (AvgIpc) is 2.46. The lowest BCUT2D eigenvalue weighted by molar-refractivity contribution is 0.488. The molecule has 1 nitrogen and oxygen atoms in total. The number of hydrogen-bond donors (Lipinski definition) is 1. The normalized spacial score (nSPS) is 10.8. The molecule has 2 rings (SSSR count). The van der Waals surface area contributed by atoms with Crippen molar-refractivity contribution < 1.29 is 4.39 Å². The van der Waals surface area contributed by atoms with Crippen molar-refractivity contribution in [2.75, 3.05) is 0 Å². The summed E-state index contributed by atoms with van der Waals surface area (Å²) in [5, 5.41) is 0.989. The maximum absolute atomic E-state index is 12.4. The molecule has 0 bridgehead atoms. The van der Waals surface area contributed by atoms with Crippen LogP contribution in [0.3, 0.4) is 0 Å². The van der Waals surface area contributed by atoms with Crippen LogP contribution in [0.2, 0.25) is 0 Å². The highest BCUT2D eigenvalue weighted by Gasteiger charge is 2.01. The average molecular weight is 163 g/mol. The number of aromatic nitrogens is 1. The fourth-order valence-electron chi connectivity index (χ4n) is 1.41. The quantitative estimate of drug-likeness (QED) is 0.665. The number of rotatable bonds is 1. The molecule has 1 N–H and O–H groups in total. The lowest BCUT2D eigenvalue weighted by atomic mass is 10.1. The summed E-state index contributed by atoms with van der Waals surface area (Å²) in [6.07, 6.45) is 1.73. The first-order valence-corrected chi connectivity index (χ1v) is 3.94. The van der Waals surface area contributed by atoms with E-state index in [1.54, 1.807) is 6.20 Å². The summed E-state index contributed by atoms with van der Waals surface area (Å²) in [6, 6.07) is 5.97. The van der Waals surface area contributed by atoms with E-state index in [9.17, 15) is 4.39 Å². The van der Waals surface area contributed by atoms with Crippen LogP contribution in [0.5, 0.6) is 0 Å². The van der Waals surface area contributed by atoms with Gasteiger partial charge in [-0.1, -0.05) is 12.1 Å². The van der Waals surface area contributed by atoms with Gasteiger partial charge in [-0.2, -0.15) is 0 Å². The summed E-state index contributed by atoms with van der Waals surface area (Å²) < 4.78 is 12.4. The second-order valence-corrected chi connectivity index (χ2v) is 3.00. The second kappa shape index (κ2) is 2.63. The van der Waals surface area contributed by atoms with Crippen molar-refractivity contribution in [3.05, 3.63) is 35.5 Å². The molecule has 0 fully saturated rings. The number of alkyl halides is 1. The Morgan fingerprint density at radius 2 is 2.25 bits per heavy atom. The van der Waals surface area contributed by atoms with Crippen LogP contribution in [0.4, 0.5) is 4.39 Å². The molecule has 62 valence electrons. The fraction of sp³-hybridized carbons (Fsp3) is 0.200. The molecule has 1 heterocycles. The van der Waals surface area contributed by atoms with Gasteiger partial charge in [0.1, 0.15) is 6.67 Å². The Morgan fingerprint density at radius 1 is 1.42 bits per heavy atom. The highest BCUT2D eigenvalue weighted by molar-refractivity contribution is 5.83. The minimum atomic E-state index is -0.400. The van der Waals surface area contributed by atoms with Gasteiger partial charge in [-0.25, -0.2) is 4.39 Å². The van der Waals surface area contributed by atoms with E-state index in [1.807, 2.05) is 25.1 Å². The minimum Gasteiger partial charge on any atom is -0.361 e. The van der Waals surface area contributed by atoms with Crippen molar-refractivity contribution in [2.45, 2.75) is 13.6 Å². The molecule has 0 unspecified atom stereocenters. The molecule has 0 radical (unpaired) electrons. The van der Waals surface area contributed by atoms with Gasteiger partial charge < -0.3 is 4.98 Å². The summed E-state index contributed by atoms with van der Waals surface area (Å²) in [5.74, 6) is 0. The summed E-state index contributed by atoms with van der Waals surface area (Å²) in [4.78, 5) is 3.04. The van der Waals surface area contributed by atoms with Gasteiger partial charge in [0, 0.05) is 22.7 Å². The summed E-state index contributed by atoms with van der Waals surface area (Å²) >= 11 is 0. The van der Waals surface area contributed by atoms with Gasteiger partial charge in [-0.15, -0.1) is 0 Å². The number of nitrogens with one attached hydrogen (secondary N) is 1. The zero-order chi connectivity index (χ0) is 8.55. The molecule has 0 aliphatic rings. The Bertz CT molecular complexity index is 403. The van der Waals surface area contributed by atoms with E-state index in [0.717, 1.165) is 16.5 Å².